The van der Waals surface area contributed by atoms with E-state index in [4.69, 9.17) is 0 Å². The van der Waals surface area contributed by atoms with E-state index in [0.29, 0.717) is 11.1 Å². The molecule has 0 bridgehead atoms. The maximum Gasteiger partial charge on any atom is 0.251 e. The number of amides is 1. The molecule has 2 aromatic carbocycles. The monoisotopic (exact) mass is 386 g/mol. The van der Waals surface area contributed by atoms with Gasteiger partial charge in [-0.25, -0.2) is 8.42 Å². The number of carbonyl (C=O) groups is 2. The molecule has 0 atom stereocenters. The average Bonchev–Trinajstić information content (AvgIpc) is 3.50. The van der Waals surface area contributed by atoms with E-state index in [1.165, 1.54) is 23.4 Å². The molecule has 1 aliphatic rings. The lowest BCUT2D eigenvalue weighted by Crippen LogP contribution is -2.32. The number of Topliss-reactive ketones (excluding diaryl/α,β-unsaturated/α-hetero) is 1. The van der Waals surface area contributed by atoms with Crippen LogP contribution in [-0.4, -0.2) is 37.5 Å². The summed E-state index contributed by atoms with van der Waals surface area (Å²) in [5.74, 6) is -0.284. The van der Waals surface area contributed by atoms with Crippen LogP contribution in [0, 0.1) is 0 Å². The Morgan fingerprint density at radius 2 is 1.56 bits per heavy atom. The van der Waals surface area contributed by atoms with Crippen LogP contribution in [0.3, 0.4) is 0 Å². The Morgan fingerprint density at radius 3 is 2.04 bits per heavy atom. The van der Waals surface area contributed by atoms with Gasteiger partial charge >= 0.3 is 0 Å². The lowest BCUT2D eigenvalue weighted by Gasteiger charge is -2.22. The largest absolute Gasteiger partial charge is 0.355 e. The van der Waals surface area contributed by atoms with E-state index >= 15 is 0 Å². The summed E-state index contributed by atoms with van der Waals surface area (Å²) in [6.07, 6.45) is 1.67. The van der Waals surface area contributed by atoms with Gasteiger partial charge in [0.05, 0.1) is 4.90 Å². The Hall–Kier alpha value is -2.51. The molecule has 2 aromatic rings. The molecule has 7 heteroatoms. The fraction of sp³-hybridized carbons (Fsp3) is 0.300. The summed E-state index contributed by atoms with van der Waals surface area (Å²) in [7, 11) is -2.10. The summed E-state index contributed by atoms with van der Waals surface area (Å²) in [6, 6.07) is 13.0. The van der Waals surface area contributed by atoms with Crippen LogP contribution in [0.1, 0.15) is 46.0 Å². The van der Waals surface area contributed by atoms with Crippen molar-refractivity contribution in [3.8, 4) is 0 Å². The predicted molar refractivity (Wildman–Crippen MR) is 102 cm³/mol. The van der Waals surface area contributed by atoms with Crippen LogP contribution >= 0.6 is 0 Å². The van der Waals surface area contributed by atoms with Crippen LogP contribution in [-0.2, 0) is 16.6 Å². The third kappa shape index (κ3) is 4.26. The second-order valence-corrected chi connectivity index (χ2v) is 8.53. The van der Waals surface area contributed by atoms with Gasteiger partial charge in [-0.2, -0.15) is 4.31 Å². The highest BCUT2D eigenvalue weighted by Gasteiger charge is 2.38. The maximum absolute atomic E-state index is 13.1. The molecule has 0 radical (unpaired) electrons. The van der Waals surface area contributed by atoms with E-state index in [2.05, 4.69) is 5.32 Å². The van der Waals surface area contributed by atoms with Gasteiger partial charge in [0, 0.05) is 30.8 Å². The second-order valence-electron chi connectivity index (χ2n) is 6.64. The van der Waals surface area contributed by atoms with Crippen LogP contribution in [0.4, 0.5) is 0 Å². The Bertz CT molecular complexity index is 946. The summed E-state index contributed by atoms with van der Waals surface area (Å²) in [5, 5.41) is 2.56. The van der Waals surface area contributed by atoms with Crippen molar-refractivity contribution in [3.05, 3.63) is 65.2 Å². The number of rotatable bonds is 7. The number of carbonyl (C=O) groups excluding carboxylic acids is 2. The topological polar surface area (TPSA) is 83.6 Å². The summed E-state index contributed by atoms with van der Waals surface area (Å²) in [4.78, 5) is 23.2. The van der Waals surface area contributed by atoms with Crippen LogP contribution in [0.5, 0.6) is 0 Å². The zero-order valence-corrected chi connectivity index (χ0v) is 16.1. The molecule has 1 amide bonds. The molecule has 1 N–H and O–H groups in total. The smallest absolute Gasteiger partial charge is 0.251 e. The van der Waals surface area contributed by atoms with Gasteiger partial charge < -0.3 is 5.32 Å². The van der Waals surface area contributed by atoms with Gasteiger partial charge in [-0.05, 0) is 49.6 Å². The first-order chi connectivity index (χ1) is 12.8. The van der Waals surface area contributed by atoms with Crippen LogP contribution < -0.4 is 5.32 Å². The number of hydrogen-bond donors (Lipinski definition) is 1. The summed E-state index contributed by atoms with van der Waals surface area (Å²) >= 11 is 0. The SMILES string of the molecule is CNC(=O)c1ccc(CN(C2CC2)S(=O)(=O)c2ccc(C(C)=O)cc2)cc1. The van der Waals surface area contributed by atoms with Gasteiger partial charge in [0.15, 0.2) is 5.78 Å². The minimum Gasteiger partial charge on any atom is -0.355 e. The fourth-order valence-electron chi connectivity index (χ4n) is 2.86. The molecule has 1 saturated carbocycles. The lowest BCUT2D eigenvalue weighted by atomic mass is 10.1. The fourth-order valence-corrected chi connectivity index (χ4v) is 4.53. The minimum atomic E-state index is -3.67. The zero-order valence-electron chi connectivity index (χ0n) is 15.3. The van der Waals surface area contributed by atoms with Crippen molar-refractivity contribution >= 4 is 21.7 Å². The molecule has 0 spiro atoms. The van der Waals surface area contributed by atoms with Gasteiger partial charge in [-0.15, -0.1) is 0 Å². The average molecular weight is 386 g/mol. The van der Waals surface area contributed by atoms with Gasteiger partial charge in [0.2, 0.25) is 10.0 Å². The minimum absolute atomic E-state index is 0.0129. The molecule has 0 aliphatic heterocycles. The van der Waals surface area contributed by atoms with Crippen molar-refractivity contribution in [1.29, 1.82) is 0 Å². The lowest BCUT2D eigenvalue weighted by molar-refractivity contribution is 0.0961. The van der Waals surface area contributed by atoms with E-state index in [9.17, 15) is 18.0 Å². The van der Waals surface area contributed by atoms with Gasteiger partial charge in [0.1, 0.15) is 0 Å². The van der Waals surface area contributed by atoms with Gasteiger partial charge in [-0.3, -0.25) is 9.59 Å². The Kier molecular flexibility index (Phi) is 5.43. The van der Waals surface area contributed by atoms with Crippen LogP contribution in [0.15, 0.2) is 53.4 Å². The molecule has 3 rings (SSSR count). The van der Waals surface area contributed by atoms with E-state index in [-0.39, 0.29) is 29.2 Å². The number of benzene rings is 2. The second kappa shape index (κ2) is 7.62. The van der Waals surface area contributed by atoms with Crippen LogP contribution in [0.2, 0.25) is 0 Å². The number of ketones is 1. The van der Waals surface area contributed by atoms with Crippen molar-refractivity contribution in [1.82, 2.24) is 9.62 Å². The van der Waals surface area contributed by atoms with Crippen molar-refractivity contribution in [2.75, 3.05) is 7.05 Å². The normalized spacial score (nSPS) is 14.2. The Balaban J connectivity index is 1.84. The standard InChI is InChI=1S/C20H22N2O4S/c1-14(23)16-7-11-19(12-8-16)27(25,26)22(18-9-10-18)13-15-3-5-17(6-4-15)20(24)21-2/h3-8,11-12,18H,9-10,13H2,1-2H3,(H,21,24). The summed E-state index contributed by atoms with van der Waals surface area (Å²) in [5.41, 5.74) is 1.83. The highest BCUT2D eigenvalue weighted by molar-refractivity contribution is 7.89. The molecule has 0 aromatic heterocycles. The number of hydrogen-bond acceptors (Lipinski definition) is 4. The molecule has 0 saturated heterocycles. The highest BCUT2D eigenvalue weighted by atomic mass is 32.2. The first-order valence-electron chi connectivity index (χ1n) is 8.77. The Labute approximate surface area is 159 Å². The number of nitrogens with one attached hydrogen (secondary N) is 1. The van der Waals surface area contributed by atoms with Crippen molar-refractivity contribution in [3.63, 3.8) is 0 Å². The van der Waals surface area contributed by atoms with E-state index < -0.39 is 10.0 Å². The number of sulfonamides is 1. The van der Waals surface area contributed by atoms with Gasteiger partial charge in [0.25, 0.3) is 5.91 Å². The van der Waals surface area contributed by atoms with Crippen LogP contribution in [0.25, 0.3) is 0 Å². The molecule has 0 heterocycles. The molecule has 6 nitrogen and oxygen atoms in total. The number of nitrogens with zero attached hydrogens (tertiary/aromatic N) is 1. The molecular formula is C20H22N2O4S. The van der Waals surface area contributed by atoms with Crippen molar-refractivity contribution < 1.29 is 18.0 Å². The highest BCUT2D eigenvalue weighted by Crippen LogP contribution is 2.33. The van der Waals surface area contributed by atoms with Crippen molar-refractivity contribution in [2.45, 2.75) is 37.2 Å². The van der Waals surface area contributed by atoms with Crippen molar-refractivity contribution in [2.24, 2.45) is 0 Å². The Morgan fingerprint density at radius 1 is 1.00 bits per heavy atom. The third-order valence-corrected chi connectivity index (χ3v) is 6.52. The molecule has 0 unspecified atom stereocenters. The molecule has 27 heavy (non-hydrogen) atoms. The molecule has 1 aliphatic carbocycles. The predicted octanol–water partition coefficient (Wildman–Crippen LogP) is 2.60. The van der Waals surface area contributed by atoms with E-state index in [1.807, 2.05) is 0 Å². The molecular weight excluding hydrogens is 364 g/mol. The molecule has 1 fully saturated rings. The van der Waals surface area contributed by atoms with Gasteiger partial charge in [-0.1, -0.05) is 24.3 Å². The zero-order chi connectivity index (χ0) is 19.6. The molecule has 142 valence electrons. The first kappa shape index (κ1) is 19.3. The van der Waals surface area contributed by atoms with E-state index in [0.717, 1.165) is 18.4 Å². The maximum atomic E-state index is 13.1. The first-order valence-corrected chi connectivity index (χ1v) is 10.2. The van der Waals surface area contributed by atoms with E-state index in [1.54, 1.807) is 43.4 Å². The summed E-state index contributed by atoms with van der Waals surface area (Å²) < 4.78 is 27.7. The quantitative estimate of drug-likeness (QED) is 0.742. The third-order valence-electron chi connectivity index (χ3n) is 4.60. The summed E-state index contributed by atoms with van der Waals surface area (Å²) in [6.45, 7) is 1.69.